The summed E-state index contributed by atoms with van der Waals surface area (Å²) in [5.41, 5.74) is 1.09. The van der Waals surface area contributed by atoms with Crippen molar-refractivity contribution < 1.29 is 4.74 Å². The molecule has 0 fully saturated rings. The van der Waals surface area contributed by atoms with Gasteiger partial charge in [0.25, 0.3) is 0 Å². The van der Waals surface area contributed by atoms with E-state index < -0.39 is 0 Å². The number of ether oxygens (including phenoxy) is 1. The maximum absolute atomic E-state index is 4.84. The van der Waals surface area contributed by atoms with Crippen LogP contribution in [0, 0.1) is 0 Å². The maximum atomic E-state index is 4.84. The van der Waals surface area contributed by atoms with Crippen molar-refractivity contribution in [1.82, 2.24) is 0 Å². The van der Waals surface area contributed by atoms with Crippen LogP contribution in [-0.4, -0.2) is 7.11 Å². The van der Waals surface area contributed by atoms with Gasteiger partial charge in [-0.1, -0.05) is 26.5 Å². The summed E-state index contributed by atoms with van der Waals surface area (Å²) in [5.74, 6) is 0.743. The normalized spacial score (nSPS) is 9.50. The molecule has 0 heterocycles. The molecular weight excluding hydrogens is 124 g/mol. The molecule has 0 aromatic heterocycles. The van der Waals surface area contributed by atoms with E-state index in [2.05, 4.69) is 6.58 Å². The fraction of sp³-hybridized carbons (Fsp3) is 0.556. The van der Waals surface area contributed by atoms with Crippen molar-refractivity contribution in [3.05, 3.63) is 24.0 Å². The topological polar surface area (TPSA) is 9.23 Å². The number of hydrogen-bond donors (Lipinski definition) is 0. The van der Waals surface area contributed by atoms with E-state index in [1.54, 1.807) is 7.11 Å². The molecule has 0 aliphatic heterocycles. The molecule has 0 saturated carbocycles. The third-order valence-electron chi connectivity index (χ3n) is 1.12. The summed E-state index contributed by atoms with van der Waals surface area (Å²) in [7, 11) is 1.62. The summed E-state index contributed by atoms with van der Waals surface area (Å²) in [6, 6.07) is 0. The van der Waals surface area contributed by atoms with Crippen molar-refractivity contribution in [2.24, 2.45) is 0 Å². The van der Waals surface area contributed by atoms with Crippen molar-refractivity contribution in [3.8, 4) is 0 Å². The van der Waals surface area contributed by atoms with Gasteiger partial charge >= 0.3 is 0 Å². The van der Waals surface area contributed by atoms with E-state index >= 15 is 0 Å². The molecule has 0 rings (SSSR count). The zero-order valence-electron chi connectivity index (χ0n) is 7.69. The molecule has 0 unspecified atom stereocenters. The van der Waals surface area contributed by atoms with Gasteiger partial charge in [0.1, 0.15) is 5.76 Å². The lowest BCUT2D eigenvalue weighted by Crippen LogP contribution is -1.83. The van der Waals surface area contributed by atoms with Gasteiger partial charge in [-0.05, 0) is 19.4 Å². The molecule has 0 atom stereocenters. The molecule has 0 aromatic rings. The summed E-state index contributed by atoms with van der Waals surface area (Å²) in [6.45, 7) is 11.6. The molecule has 0 aliphatic rings. The van der Waals surface area contributed by atoms with E-state index in [4.69, 9.17) is 4.74 Å². The van der Waals surface area contributed by atoms with Crippen molar-refractivity contribution in [1.29, 1.82) is 0 Å². The van der Waals surface area contributed by atoms with Crippen LogP contribution in [0.4, 0.5) is 0 Å². The highest BCUT2D eigenvalue weighted by atomic mass is 16.5. The Hall–Kier alpha value is -0.720. The van der Waals surface area contributed by atoms with Gasteiger partial charge < -0.3 is 4.74 Å². The fourth-order valence-corrected chi connectivity index (χ4v) is 0.322. The molecule has 0 bridgehead atoms. The molecule has 0 N–H and O–H groups in total. The Morgan fingerprint density at radius 1 is 1.40 bits per heavy atom. The highest BCUT2D eigenvalue weighted by molar-refractivity contribution is 5.18. The molecule has 0 aromatic carbocycles. The van der Waals surface area contributed by atoms with E-state index in [1.807, 2.05) is 33.8 Å². The molecule has 10 heavy (non-hydrogen) atoms. The van der Waals surface area contributed by atoms with Gasteiger partial charge in [-0.25, -0.2) is 0 Å². The Morgan fingerprint density at radius 3 is 1.90 bits per heavy atom. The molecule has 0 radical (unpaired) electrons. The average Bonchev–Trinajstić information content (AvgIpc) is 2.05. The predicted octanol–water partition coefficient (Wildman–Crippen LogP) is 3.14. The molecule has 0 saturated heterocycles. The van der Waals surface area contributed by atoms with E-state index in [0.717, 1.165) is 11.3 Å². The van der Waals surface area contributed by atoms with Gasteiger partial charge in [0, 0.05) is 0 Å². The number of hydrogen-bond acceptors (Lipinski definition) is 1. The van der Waals surface area contributed by atoms with Crippen LogP contribution in [-0.2, 0) is 4.74 Å². The minimum absolute atomic E-state index is 0.743. The Labute approximate surface area is 64.4 Å². The molecular formula is C9H18O. The second-order valence-corrected chi connectivity index (χ2v) is 1.60. The first-order valence-corrected chi connectivity index (χ1v) is 3.58. The smallest absolute Gasteiger partial charge is 0.114 e. The zero-order chi connectivity index (χ0) is 8.57. The Kier molecular flexibility index (Phi) is 9.94. The Morgan fingerprint density at radius 2 is 1.80 bits per heavy atom. The zero-order valence-corrected chi connectivity index (χ0v) is 7.69. The van der Waals surface area contributed by atoms with Crippen LogP contribution in [0.2, 0.25) is 0 Å². The molecule has 1 nitrogen and oxygen atoms in total. The standard InChI is InChI=1S/C7H12O.C2H6/c1-5-6(2)7(3)8-4;1-2/h5H,3H2,1-2,4H3;1-2H3/b6-5-;. The molecule has 0 amide bonds. The summed E-state index contributed by atoms with van der Waals surface area (Å²) in [5, 5.41) is 0. The average molecular weight is 142 g/mol. The third kappa shape index (κ3) is 5.42. The van der Waals surface area contributed by atoms with Gasteiger partial charge in [-0.3, -0.25) is 0 Å². The van der Waals surface area contributed by atoms with Gasteiger partial charge in [0.2, 0.25) is 0 Å². The number of rotatable bonds is 2. The van der Waals surface area contributed by atoms with E-state index in [0.29, 0.717) is 0 Å². The van der Waals surface area contributed by atoms with Gasteiger partial charge in [-0.2, -0.15) is 0 Å². The summed E-state index contributed by atoms with van der Waals surface area (Å²) in [4.78, 5) is 0. The lowest BCUT2D eigenvalue weighted by molar-refractivity contribution is 0.302. The largest absolute Gasteiger partial charge is 0.497 e. The summed E-state index contributed by atoms with van der Waals surface area (Å²) in [6.07, 6.45) is 1.96. The second-order valence-electron chi connectivity index (χ2n) is 1.60. The van der Waals surface area contributed by atoms with Crippen molar-refractivity contribution >= 4 is 0 Å². The van der Waals surface area contributed by atoms with Crippen molar-refractivity contribution in [2.75, 3.05) is 7.11 Å². The highest BCUT2D eigenvalue weighted by Crippen LogP contribution is 2.04. The van der Waals surface area contributed by atoms with Crippen LogP contribution in [0.3, 0.4) is 0 Å². The lowest BCUT2D eigenvalue weighted by Gasteiger charge is -2.00. The molecule has 0 spiro atoms. The first-order valence-electron chi connectivity index (χ1n) is 3.58. The Balaban J connectivity index is 0. The predicted molar refractivity (Wildman–Crippen MR) is 46.9 cm³/mol. The van der Waals surface area contributed by atoms with Crippen LogP contribution >= 0.6 is 0 Å². The lowest BCUT2D eigenvalue weighted by atomic mass is 10.2. The van der Waals surface area contributed by atoms with Crippen LogP contribution in [0.15, 0.2) is 24.0 Å². The van der Waals surface area contributed by atoms with Crippen molar-refractivity contribution in [3.63, 3.8) is 0 Å². The number of methoxy groups -OCH3 is 1. The summed E-state index contributed by atoms with van der Waals surface area (Å²) < 4.78 is 4.84. The van der Waals surface area contributed by atoms with Gasteiger partial charge in [0.15, 0.2) is 0 Å². The van der Waals surface area contributed by atoms with Crippen LogP contribution < -0.4 is 0 Å². The Bertz CT molecular complexity index is 112. The van der Waals surface area contributed by atoms with Crippen LogP contribution in [0.5, 0.6) is 0 Å². The fourth-order valence-electron chi connectivity index (χ4n) is 0.322. The monoisotopic (exact) mass is 142 g/mol. The van der Waals surface area contributed by atoms with Crippen LogP contribution in [0.25, 0.3) is 0 Å². The van der Waals surface area contributed by atoms with E-state index in [-0.39, 0.29) is 0 Å². The molecule has 60 valence electrons. The van der Waals surface area contributed by atoms with E-state index in [1.165, 1.54) is 0 Å². The third-order valence-corrected chi connectivity index (χ3v) is 1.12. The van der Waals surface area contributed by atoms with Gasteiger partial charge in [-0.15, -0.1) is 0 Å². The minimum atomic E-state index is 0.743. The second kappa shape index (κ2) is 8.28. The first-order chi connectivity index (χ1) is 4.72. The highest BCUT2D eigenvalue weighted by Gasteiger charge is 1.89. The SMILES string of the molecule is C=C(OC)/C(C)=C\C.CC. The van der Waals surface area contributed by atoms with Crippen molar-refractivity contribution in [2.45, 2.75) is 27.7 Å². The molecule has 0 aliphatic carbocycles. The summed E-state index contributed by atoms with van der Waals surface area (Å²) >= 11 is 0. The minimum Gasteiger partial charge on any atom is -0.497 e. The molecule has 1 heteroatoms. The van der Waals surface area contributed by atoms with E-state index in [9.17, 15) is 0 Å². The first kappa shape index (κ1) is 12.0. The number of allylic oxidation sites excluding steroid dienone is 2. The quantitative estimate of drug-likeness (QED) is 0.425. The van der Waals surface area contributed by atoms with Gasteiger partial charge in [0.05, 0.1) is 7.11 Å². The maximum Gasteiger partial charge on any atom is 0.114 e. The van der Waals surface area contributed by atoms with Crippen LogP contribution in [0.1, 0.15) is 27.7 Å².